The molecule has 5 nitrogen and oxygen atoms in total. The first-order valence-corrected chi connectivity index (χ1v) is 7.29. The Balaban J connectivity index is 2.74. The van der Waals surface area contributed by atoms with Crippen molar-refractivity contribution in [3.05, 3.63) is 29.8 Å². The number of rotatable bonds is 8. The molecule has 0 fully saturated rings. The standard InChI is InChI=1S/C16H23N3O2/c1-3-4-9-19(10-11-20)13(2)16(21)18-15-8-6-5-7-14(15)12-17/h5-8,13,20H,3-4,9-11H2,1-2H3,(H,18,21). The number of nitriles is 1. The van der Waals surface area contributed by atoms with Crippen LogP contribution in [0.25, 0.3) is 0 Å². The summed E-state index contributed by atoms with van der Waals surface area (Å²) in [5.74, 6) is -0.165. The molecule has 0 heterocycles. The predicted molar refractivity (Wildman–Crippen MR) is 82.8 cm³/mol. The van der Waals surface area contributed by atoms with Crippen molar-refractivity contribution >= 4 is 11.6 Å². The highest BCUT2D eigenvalue weighted by atomic mass is 16.3. The number of amides is 1. The van der Waals surface area contributed by atoms with Crippen LogP contribution in [0.1, 0.15) is 32.3 Å². The first-order chi connectivity index (χ1) is 10.1. The van der Waals surface area contributed by atoms with E-state index in [1.807, 2.05) is 11.8 Å². The maximum Gasteiger partial charge on any atom is 0.241 e. The summed E-state index contributed by atoms with van der Waals surface area (Å²) in [6.07, 6.45) is 2.01. The molecule has 0 bridgehead atoms. The number of para-hydroxylation sites is 1. The number of nitrogens with one attached hydrogen (secondary N) is 1. The summed E-state index contributed by atoms with van der Waals surface area (Å²) in [7, 11) is 0. The van der Waals surface area contributed by atoms with E-state index in [2.05, 4.69) is 18.3 Å². The Hall–Kier alpha value is -1.90. The zero-order valence-corrected chi connectivity index (χ0v) is 12.7. The highest BCUT2D eigenvalue weighted by molar-refractivity contribution is 5.95. The van der Waals surface area contributed by atoms with Crippen LogP contribution in [0.4, 0.5) is 5.69 Å². The quantitative estimate of drug-likeness (QED) is 0.767. The van der Waals surface area contributed by atoms with Crippen molar-refractivity contribution in [3.63, 3.8) is 0 Å². The average Bonchev–Trinajstić information content (AvgIpc) is 2.51. The Kier molecular flexibility index (Phi) is 7.44. The Morgan fingerprint density at radius 1 is 1.43 bits per heavy atom. The van der Waals surface area contributed by atoms with Crippen LogP contribution in [0.3, 0.4) is 0 Å². The van der Waals surface area contributed by atoms with Gasteiger partial charge in [0.15, 0.2) is 0 Å². The molecule has 1 aromatic rings. The van der Waals surface area contributed by atoms with E-state index in [0.29, 0.717) is 17.8 Å². The molecule has 0 spiro atoms. The average molecular weight is 289 g/mol. The van der Waals surface area contributed by atoms with E-state index >= 15 is 0 Å². The van der Waals surface area contributed by atoms with Crippen LogP contribution in [0.2, 0.25) is 0 Å². The summed E-state index contributed by atoms with van der Waals surface area (Å²) in [5, 5.41) is 20.9. The molecule has 1 amide bonds. The van der Waals surface area contributed by atoms with E-state index in [1.165, 1.54) is 0 Å². The van der Waals surface area contributed by atoms with Crippen molar-refractivity contribution in [2.24, 2.45) is 0 Å². The van der Waals surface area contributed by atoms with E-state index < -0.39 is 0 Å². The monoisotopic (exact) mass is 289 g/mol. The molecule has 0 aliphatic carbocycles. The lowest BCUT2D eigenvalue weighted by molar-refractivity contribution is -0.120. The maximum atomic E-state index is 12.3. The Labute approximate surface area is 126 Å². The van der Waals surface area contributed by atoms with Crippen LogP contribution in [0.15, 0.2) is 24.3 Å². The SMILES string of the molecule is CCCCN(CCO)C(C)C(=O)Nc1ccccc1C#N. The molecule has 0 saturated heterocycles. The van der Waals surface area contributed by atoms with E-state index in [1.54, 1.807) is 24.3 Å². The van der Waals surface area contributed by atoms with Crippen molar-refractivity contribution in [1.29, 1.82) is 5.26 Å². The summed E-state index contributed by atoms with van der Waals surface area (Å²) in [6, 6.07) is 8.63. The van der Waals surface area contributed by atoms with Crippen LogP contribution in [-0.4, -0.2) is 41.7 Å². The lowest BCUT2D eigenvalue weighted by atomic mass is 10.1. The summed E-state index contributed by atoms with van der Waals surface area (Å²) < 4.78 is 0. The number of aliphatic hydroxyl groups is 1. The predicted octanol–water partition coefficient (Wildman–Crippen LogP) is 1.98. The topological polar surface area (TPSA) is 76.4 Å². The van der Waals surface area contributed by atoms with Crippen LogP contribution in [-0.2, 0) is 4.79 Å². The number of benzene rings is 1. The molecule has 0 saturated carbocycles. The van der Waals surface area contributed by atoms with Crippen LogP contribution in [0, 0.1) is 11.3 Å². The molecule has 0 aromatic heterocycles. The van der Waals surface area contributed by atoms with Gasteiger partial charge in [0, 0.05) is 6.54 Å². The van der Waals surface area contributed by atoms with Gasteiger partial charge in [0.1, 0.15) is 6.07 Å². The molecule has 0 aliphatic heterocycles. The van der Waals surface area contributed by atoms with Crippen molar-refractivity contribution in [1.82, 2.24) is 4.90 Å². The molecule has 21 heavy (non-hydrogen) atoms. The number of aliphatic hydroxyl groups excluding tert-OH is 1. The first kappa shape index (κ1) is 17.2. The Bertz CT molecular complexity index is 497. The number of carbonyl (C=O) groups is 1. The fraction of sp³-hybridized carbons (Fsp3) is 0.500. The third-order valence-corrected chi connectivity index (χ3v) is 3.42. The van der Waals surface area contributed by atoms with Crippen LogP contribution >= 0.6 is 0 Å². The minimum atomic E-state index is -0.351. The fourth-order valence-electron chi connectivity index (χ4n) is 2.08. The Morgan fingerprint density at radius 3 is 2.76 bits per heavy atom. The van der Waals surface area contributed by atoms with Crippen molar-refractivity contribution in [2.45, 2.75) is 32.7 Å². The zero-order valence-electron chi connectivity index (χ0n) is 12.7. The molecular weight excluding hydrogens is 266 g/mol. The van der Waals surface area contributed by atoms with Gasteiger partial charge in [-0.05, 0) is 32.0 Å². The van der Waals surface area contributed by atoms with Gasteiger partial charge >= 0.3 is 0 Å². The molecule has 5 heteroatoms. The smallest absolute Gasteiger partial charge is 0.241 e. The van der Waals surface area contributed by atoms with Crippen LogP contribution < -0.4 is 5.32 Å². The molecule has 1 rings (SSSR count). The summed E-state index contributed by atoms with van der Waals surface area (Å²) >= 11 is 0. The second kappa shape index (κ2) is 9.11. The summed E-state index contributed by atoms with van der Waals surface area (Å²) in [6.45, 7) is 5.16. The number of unbranched alkanes of at least 4 members (excludes halogenated alkanes) is 1. The fourth-order valence-corrected chi connectivity index (χ4v) is 2.08. The number of hydrogen-bond acceptors (Lipinski definition) is 4. The van der Waals surface area contributed by atoms with Crippen molar-refractivity contribution < 1.29 is 9.90 Å². The van der Waals surface area contributed by atoms with Crippen molar-refractivity contribution in [3.8, 4) is 6.07 Å². The normalized spacial score (nSPS) is 12.0. The molecule has 0 aliphatic rings. The molecule has 1 aromatic carbocycles. The maximum absolute atomic E-state index is 12.3. The molecule has 0 radical (unpaired) electrons. The number of anilines is 1. The summed E-state index contributed by atoms with van der Waals surface area (Å²) in [5.41, 5.74) is 0.969. The van der Waals surface area contributed by atoms with Gasteiger partial charge in [0.25, 0.3) is 0 Å². The third kappa shape index (κ3) is 5.18. The Morgan fingerprint density at radius 2 is 2.14 bits per heavy atom. The number of hydrogen-bond donors (Lipinski definition) is 2. The van der Waals surface area contributed by atoms with Gasteiger partial charge in [-0.25, -0.2) is 0 Å². The van der Waals surface area contributed by atoms with Crippen LogP contribution in [0.5, 0.6) is 0 Å². The molecule has 114 valence electrons. The highest BCUT2D eigenvalue weighted by Gasteiger charge is 2.21. The van der Waals surface area contributed by atoms with Gasteiger partial charge < -0.3 is 10.4 Å². The van der Waals surface area contributed by atoms with E-state index in [9.17, 15) is 4.79 Å². The largest absolute Gasteiger partial charge is 0.395 e. The molecular formula is C16H23N3O2. The summed E-state index contributed by atoms with van der Waals surface area (Å²) in [4.78, 5) is 14.3. The van der Waals surface area contributed by atoms with E-state index in [-0.39, 0.29) is 18.6 Å². The first-order valence-electron chi connectivity index (χ1n) is 7.29. The second-order valence-corrected chi connectivity index (χ2v) is 4.94. The number of carbonyl (C=O) groups excluding carboxylic acids is 1. The highest BCUT2D eigenvalue weighted by Crippen LogP contribution is 2.14. The van der Waals surface area contributed by atoms with Gasteiger partial charge in [0.2, 0.25) is 5.91 Å². The number of nitrogens with zero attached hydrogens (tertiary/aromatic N) is 2. The third-order valence-electron chi connectivity index (χ3n) is 3.42. The van der Waals surface area contributed by atoms with Gasteiger partial charge in [0.05, 0.1) is 23.9 Å². The van der Waals surface area contributed by atoms with Gasteiger partial charge in [-0.3, -0.25) is 9.69 Å². The molecule has 2 N–H and O–H groups in total. The lowest BCUT2D eigenvalue weighted by Crippen LogP contribution is -2.44. The minimum Gasteiger partial charge on any atom is -0.395 e. The van der Waals surface area contributed by atoms with Gasteiger partial charge in [-0.2, -0.15) is 5.26 Å². The van der Waals surface area contributed by atoms with Gasteiger partial charge in [-0.1, -0.05) is 25.5 Å². The zero-order chi connectivity index (χ0) is 15.7. The van der Waals surface area contributed by atoms with E-state index in [0.717, 1.165) is 19.4 Å². The molecule has 1 atom stereocenters. The second-order valence-electron chi connectivity index (χ2n) is 4.94. The molecule has 1 unspecified atom stereocenters. The van der Waals surface area contributed by atoms with Crippen molar-refractivity contribution in [2.75, 3.05) is 25.0 Å². The minimum absolute atomic E-state index is 0.0239. The van der Waals surface area contributed by atoms with Gasteiger partial charge in [-0.15, -0.1) is 0 Å². The lowest BCUT2D eigenvalue weighted by Gasteiger charge is -2.27. The van der Waals surface area contributed by atoms with E-state index in [4.69, 9.17) is 10.4 Å².